The molecule has 1 aliphatic heterocycles. The second kappa shape index (κ2) is 6.95. The first kappa shape index (κ1) is 15.8. The fourth-order valence-electron chi connectivity index (χ4n) is 2.95. The smallest absolute Gasteiger partial charge is 0.126 e. The quantitative estimate of drug-likeness (QED) is 0.704. The van der Waals surface area contributed by atoms with Gasteiger partial charge < -0.3 is 9.84 Å². The number of aliphatic hydroxyl groups excluding tert-OH is 1. The predicted octanol–water partition coefficient (Wildman–Crippen LogP) is 5.38. The SMILES string of the molecule is CCCCCCCC1(C)CC(O)c2cc(Br)ccc2O1. The van der Waals surface area contributed by atoms with E-state index < -0.39 is 6.10 Å². The minimum atomic E-state index is -0.420. The molecule has 0 radical (unpaired) electrons. The van der Waals surface area contributed by atoms with Gasteiger partial charge in [0, 0.05) is 16.5 Å². The largest absolute Gasteiger partial charge is 0.487 e. The summed E-state index contributed by atoms with van der Waals surface area (Å²) in [5.41, 5.74) is 0.676. The molecule has 2 atom stereocenters. The van der Waals surface area contributed by atoms with Crippen LogP contribution in [0.1, 0.15) is 70.5 Å². The molecule has 1 aromatic carbocycles. The maximum atomic E-state index is 10.4. The number of rotatable bonds is 6. The minimum absolute atomic E-state index is 0.230. The lowest BCUT2D eigenvalue weighted by atomic mass is 9.86. The van der Waals surface area contributed by atoms with Gasteiger partial charge in [-0.05, 0) is 38.0 Å². The molecular formula is C17H25BrO2. The van der Waals surface area contributed by atoms with Crippen molar-refractivity contribution in [2.75, 3.05) is 0 Å². The molecule has 0 aromatic heterocycles. The number of hydrogen-bond acceptors (Lipinski definition) is 2. The van der Waals surface area contributed by atoms with E-state index >= 15 is 0 Å². The summed E-state index contributed by atoms with van der Waals surface area (Å²) < 4.78 is 7.16. The second-order valence-corrected chi connectivity index (χ2v) is 7.03. The summed E-state index contributed by atoms with van der Waals surface area (Å²) in [6.45, 7) is 4.36. The van der Waals surface area contributed by atoms with Crippen LogP contribution in [0.4, 0.5) is 0 Å². The number of fused-ring (bicyclic) bond motifs is 1. The average Bonchev–Trinajstić information content (AvgIpc) is 2.39. The summed E-state index contributed by atoms with van der Waals surface area (Å²) in [7, 11) is 0. The predicted molar refractivity (Wildman–Crippen MR) is 86.1 cm³/mol. The van der Waals surface area contributed by atoms with Crippen LogP contribution in [-0.2, 0) is 0 Å². The maximum absolute atomic E-state index is 10.4. The maximum Gasteiger partial charge on any atom is 0.126 e. The van der Waals surface area contributed by atoms with Crippen molar-refractivity contribution in [3.05, 3.63) is 28.2 Å². The van der Waals surface area contributed by atoms with E-state index in [-0.39, 0.29) is 5.60 Å². The molecule has 2 rings (SSSR count). The number of benzene rings is 1. The molecular weight excluding hydrogens is 316 g/mol. The first-order chi connectivity index (χ1) is 9.54. The van der Waals surface area contributed by atoms with E-state index in [9.17, 15) is 5.11 Å². The van der Waals surface area contributed by atoms with Crippen LogP contribution in [0.15, 0.2) is 22.7 Å². The summed E-state index contributed by atoms with van der Waals surface area (Å²) in [5, 5.41) is 10.4. The number of ether oxygens (including phenoxy) is 1. The summed E-state index contributed by atoms with van der Waals surface area (Å²) >= 11 is 3.45. The Kier molecular flexibility index (Phi) is 5.50. The first-order valence-electron chi connectivity index (χ1n) is 7.70. The van der Waals surface area contributed by atoms with Gasteiger partial charge in [-0.3, -0.25) is 0 Å². The van der Waals surface area contributed by atoms with E-state index in [1.54, 1.807) is 0 Å². The summed E-state index contributed by atoms with van der Waals surface area (Å²) in [4.78, 5) is 0. The van der Waals surface area contributed by atoms with Gasteiger partial charge in [0.25, 0.3) is 0 Å². The zero-order chi connectivity index (χ0) is 14.6. The van der Waals surface area contributed by atoms with Crippen LogP contribution in [0.5, 0.6) is 5.75 Å². The van der Waals surface area contributed by atoms with Gasteiger partial charge in [0.2, 0.25) is 0 Å². The van der Waals surface area contributed by atoms with E-state index in [1.807, 2.05) is 18.2 Å². The summed E-state index contributed by atoms with van der Waals surface area (Å²) in [5.74, 6) is 0.836. The van der Waals surface area contributed by atoms with E-state index in [2.05, 4.69) is 29.8 Å². The number of halogens is 1. The molecule has 1 heterocycles. The third-order valence-electron chi connectivity index (χ3n) is 4.12. The molecule has 20 heavy (non-hydrogen) atoms. The van der Waals surface area contributed by atoms with Gasteiger partial charge in [0.05, 0.1) is 6.10 Å². The molecule has 112 valence electrons. The Balaban J connectivity index is 1.96. The van der Waals surface area contributed by atoms with Crippen molar-refractivity contribution in [1.82, 2.24) is 0 Å². The number of unbranched alkanes of at least 4 members (excludes halogenated alkanes) is 4. The molecule has 0 fully saturated rings. The third kappa shape index (κ3) is 3.98. The molecule has 0 amide bonds. The van der Waals surface area contributed by atoms with E-state index in [1.165, 1.54) is 32.1 Å². The van der Waals surface area contributed by atoms with Crippen LogP contribution in [-0.4, -0.2) is 10.7 Å². The Labute approximate surface area is 130 Å². The van der Waals surface area contributed by atoms with Gasteiger partial charge in [-0.1, -0.05) is 48.5 Å². The minimum Gasteiger partial charge on any atom is -0.487 e. The van der Waals surface area contributed by atoms with Crippen molar-refractivity contribution in [2.24, 2.45) is 0 Å². The lowest BCUT2D eigenvalue weighted by Gasteiger charge is -2.38. The lowest BCUT2D eigenvalue weighted by Crippen LogP contribution is -2.38. The van der Waals surface area contributed by atoms with Crippen LogP contribution in [0, 0.1) is 0 Å². The van der Waals surface area contributed by atoms with Crippen molar-refractivity contribution in [3.63, 3.8) is 0 Å². The molecule has 0 aliphatic carbocycles. The average molecular weight is 341 g/mol. The van der Waals surface area contributed by atoms with Gasteiger partial charge >= 0.3 is 0 Å². The molecule has 2 nitrogen and oxygen atoms in total. The van der Waals surface area contributed by atoms with Crippen LogP contribution in [0.2, 0.25) is 0 Å². The summed E-state index contributed by atoms with van der Waals surface area (Å²) in [6.07, 6.45) is 7.61. The number of hydrogen-bond donors (Lipinski definition) is 1. The van der Waals surface area contributed by atoms with E-state index in [0.29, 0.717) is 6.42 Å². The highest BCUT2D eigenvalue weighted by Gasteiger charge is 2.36. The van der Waals surface area contributed by atoms with Crippen molar-refractivity contribution in [2.45, 2.75) is 70.5 Å². The molecule has 1 aromatic rings. The Hall–Kier alpha value is -0.540. The molecule has 3 heteroatoms. The van der Waals surface area contributed by atoms with Gasteiger partial charge in [-0.25, -0.2) is 0 Å². The van der Waals surface area contributed by atoms with Crippen molar-refractivity contribution < 1.29 is 9.84 Å². The Morgan fingerprint density at radius 3 is 2.80 bits per heavy atom. The zero-order valence-corrected chi connectivity index (χ0v) is 14.1. The molecule has 0 spiro atoms. The van der Waals surface area contributed by atoms with Gasteiger partial charge in [-0.2, -0.15) is 0 Å². The van der Waals surface area contributed by atoms with Crippen LogP contribution >= 0.6 is 15.9 Å². The van der Waals surface area contributed by atoms with E-state index in [4.69, 9.17) is 4.74 Å². The molecule has 0 saturated carbocycles. The topological polar surface area (TPSA) is 29.5 Å². The van der Waals surface area contributed by atoms with Crippen molar-refractivity contribution in [3.8, 4) is 5.75 Å². The highest BCUT2D eigenvalue weighted by molar-refractivity contribution is 9.10. The number of aliphatic hydroxyl groups is 1. The van der Waals surface area contributed by atoms with Crippen LogP contribution < -0.4 is 4.74 Å². The molecule has 1 aliphatic rings. The molecule has 0 saturated heterocycles. The highest BCUT2D eigenvalue weighted by Crippen LogP contribution is 2.42. The highest BCUT2D eigenvalue weighted by atomic mass is 79.9. The van der Waals surface area contributed by atoms with Gasteiger partial charge in [0.15, 0.2) is 0 Å². The van der Waals surface area contributed by atoms with Crippen LogP contribution in [0.3, 0.4) is 0 Å². The summed E-state index contributed by atoms with van der Waals surface area (Å²) in [6, 6.07) is 5.89. The van der Waals surface area contributed by atoms with Gasteiger partial charge in [0.1, 0.15) is 11.4 Å². The molecule has 2 unspecified atom stereocenters. The molecule has 1 N–H and O–H groups in total. The molecule has 0 bridgehead atoms. The standard InChI is InChI=1S/C17H25BrO2/c1-3-4-5-6-7-10-17(2)12-15(19)14-11-13(18)8-9-16(14)20-17/h8-9,11,15,19H,3-7,10,12H2,1-2H3. The van der Waals surface area contributed by atoms with Crippen molar-refractivity contribution in [1.29, 1.82) is 0 Å². The van der Waals surface area contributed by atoms with Crippen LogP contribution in [0.25, 0.3) is 0 Å². The Morgan fingerprint density at radius 1 is 1.30 bits per heavy atom. The normalized spacial score (nSPS) is 25.1. The zero-order valence-electron chi connectivity index (χ0n) is 12.5. The monoisotopic (exact) mass is 340 g/mol. The third-order valence-corrected chi connectivity index (χ3v) is 4.61. The van der Waals surface area contributed by atoms with Gasteiger partial charge in [-0.15, -0.1) is 0 Å². The fourth-order valence-corrected chi connectivity index (χ4v) is 3.33. The second-order valence-electron chi connectivity index (χ2n) is 6.12. The fraction of sp³-hybridized carbons (Fsp3) is 0.647. The Morgan fingerprint density at radius 2 is 2.05 bits per heavy atom. The first-order valence-corrected chi connectivity index (χ1v) is 8.50. The van der Waals surface area contributed by atoms with E-state index in [0.717, 1.165) is 22.2 Å². The van der Waals surface area contributed by atoms with Crippen molar-refractivity contribution >= 4 is 15.9 Å². The lowest BCUT2D eigenvalue weighted by molar-refractivity contribution is -0.00853. The Bertz CT molecular complexity index is 447.